The Bertz CT molecular complexity index is 459. The standard InChI is InChI=1S/C13H16N2O/c1-3-11-6-7-12(16-11)13(14)10-5-4-9(2)15-8-10/h4-8,13H,3,14H2,1-2H3. The second kappa shape index (κ2) is 4.49. The molecular formula is C13H16N2O. The van der Waals surface area contributed by atoms with Crippen LogP contribution in [0.5, 0.6) is 0 Å². The number of rotatable bonds is 3. The van der Waals surface area contributed by atoms with Crippen molar-refractivity contribution in [1.82, 2.24) is 4.98 Å². The van der Waals surface area contributed by atoms with Crippen molar-refractivity contribution < 1.29 is 4.42 Å². The molecule has 0 saturated carbocycles. The van der Waals surface area contributed by atoms with E-state index in [1.165, 1.54) is 0 Å². The van der Waals surface area contributed by atoms with Crippen LogP contribution in [0.2, 0.25) is 0 Å². The number of aryl methyl sites for hydroxylation is 2. The minimum Gasteiger partial charge on any atom is -0.464 e. The number of nitrogens with zero attached hydrogens (tertiary/aromatic N) is 1. The van der Waals surface area contributed by atoms with Gasteiger partial charge >= 0.3 is 0 Å². The molecule has 0 aliphatic rings. The quantitative estimate of drug-likeness (QED) is 0.858. The van der Waals surface area contributed by atoms with E-state index in [-0.39, 0.29) is 6.04 Å². The first-order chi connectivity index (χ1) is 7.70. The van der Waals surface area contributed by atoms with Crippen LogP contribution in [0, 0.1) is 6.92 Å². The maximum Gasteiger partial charge on any atom is 0.125 e. The summed E-state index contributed by atoms with van der Waals surface area (Å²) in [6.07, 6.45) is 2.69. The van der Waals surface area contributed by atoms with Crippen molar-refractivity contribution in [2.75, 3.05) is 0 Å². The first-order valence-corrected chi connectivity index (χ1v) is 5.47. The van der Waals surface area contributed by atoms with Crippen LogP contribution >= 0.6 is 0 Å². The summed E-state index contributed by atoms with van der Waals surface area (Å²) in [6, 6.07) is 7.62. The minimum absolute atomic E-state index is 0.228. The average molecular weight is 216 g/mol. The molecule has 0 amide bonds. The Labute approximate surface area is 95.3 Å². The zero-order valence-electron chi connectivity index (χ0n) is 9.60. The predicted octanol–water partition coefficient (Wildman–Crippen LogP) is 2.59. The van der Waals surface area contributed by atoms with Crippen molar-refractivity contribution in [3.05, 3.63) is 53.2 Å². The molecule has 2 aromatic rings. The van der Waals surface area contributed by atoms with Crippen molar-refractivity contribution in [3.63, 3.8) is 0 Å². The SMILES string of the molecule is CCc1ccc(C(N)c2ccc(C)nc2)o1. The maximum atomic E-state index is 6.10. The number of hydrogen-bond acceptors (Lipinski definition) is 3. The number of furan rings is 1. The van der Waals surface area contributed by atoms with Crippen molar-refractivity contribution in [1.29, 1.82) is 0 Å². The van der Waals surface area contributed by atoms with Crippen molar-refractivity contribution >= 4 is 0 Å². The van der Waals surface area contributed by atoms with Gasteiger partial charge in [0.25, 0.3) is 0 Å². The van der Waals surface area contributed by atoms with Gasteiger partial charge in [0.1, 0.15) is 11.5 Å². The molecule has 2 N–H and O–H groups in total. The molecule has 0 saturated heterocycles. The topological polar surface area (TPSA) is 52.0 Å². The van der Waals surface area contributed by atoms with E-state index in [9.17, 15) is 0 Å². The smallest absolute Gasteiger partial charge is 0.125 e. The first kappa shape index (κ1) is 10.9. The van der Waals surface area contributed by atoms with Crippen LogP contribution < -0.4 is 5.73 Å². The first-order valence-electron chi connectivity index (χ1n) is 5.47. The van der Waals surface area contributed by atoms with Gasteiger partial charge in [-0.2, -0.15) is 0 Å². The van der Waals surface area contributed by atoms with Crippen LogP contribution in [0.15, 0.2) is 34.9 Å². The molecule has 0 fully saturated rings. The summed E-state index contributed by atoms with van der Waals surface area (Å²) in [5.41, 5.74) is 8.07. The number of hydrogen-bond donors (Lipinski definition) is 1. The molecule has 1 atom stereocenters. The van der Waals surface area contributed by atoms with E-state index < -0.39 is 0 Å². The molecule has 3 heteroatoms. The summed E-state index contributed by atoms with van der Waals surface area (Å²) in [5.74, 6) is 1.76. The second-order valence-electron chi connectivity index (χ2n) is 3.87. The number of nitrogens with two attached hydrogens (primary N) is 1. The van der Waals surface area contributed by atoms with Crippen LogP contribution in [0.3, 0.4) is 0 Å². The molecule has 3 nitrogen and oxygen atoms in total. The molecular weight excluding hydrogens is 200 g/mol. The van der Waals surface area contributed by atoms with Gasteiger partial charge in [-0.05, 0) is 30.7 Å². The molecule has 0 bridgehead atoms. The lowest BCUT2D eigenvalue weighted by Gasteiger charge is -2.08. The van der Waals surface area contributed by atoms with E-state index in [0.29, 0.717) is 0 Å². The van der Waals surface area contributed by atoms with E-state index in [4.69, 9.17) is 10.2 Å². The highest BCUT2D eigenvalue weighted by Crippen LogP contribution is 2.21. The normalized spacial score (nSPS) is 12.7. The molecule has 0 aliphatic carbocycles. The van der Waals surface area contributed by atoms with Crippen LogP contribution in [0.25, 0.3) is 0 Å². The van der Waals surface area contributed by atoms with Gasteiger partial charge in [-0.3, -0.25) is 4.98 Å². The predicted molar refractivity (Wildman–Crippen MR) is 63.1 cm³/mol. The van der Waals surface area contributed by atoms with Crippen LogP contribution in [0.4, 0.5) is 0 Å². The Kier molecular flexibility index (Phi) is 3.06. The van der Waals surface area contributed by atoms with Gasteiger partial charge < -0.3 is 10.2 Å². The molecule has 0 aromatic carbocycles. The van der Waals surface area contributed by atoms with Gasteiger partial charge in [-0.1, -0.05) is 13.0 Å². The lowest BCUT2D eigenvalue weighted by atomic mass is 10.1. The Hall–Kier alpha value is -1.61. The highest BCUT2D eigenvalue weighted by atomic mass is 16.3. The lowest BCUT2D eigenvalue weighted by Crippen LogP contribution is -2.11. The lowest BCUT2D eigenvalue weighted by molar-refractivity contribution is 0.453. The fourth-order valence-electron chi connectivity index (χ4n) is 1.58. The van der Waals surface area contributed by atoms with Gasteiger partial charge in [0, 0.05) is 18.3 Å². The van der Waals surface area contributed by atoms with Gasteiger partial charge in [0.2, 0.25) is 0 Å². The molecule has 2 heterocycles. The summed E-state index contributed by atoms with van der Waals surface area (Å²) in [7, 11) is 0. The molecule has 1 unspecified atom stereocenters. The Morgan fingerprint density at radius 3 is 2.69 bits per heavy atom. The zero-order valence-corrected chi connectivity index (χ0v) is 9.60. The molecule has 0 radical (unpaired) electrons. The third-order valence-corrected chi connectivity index (χ3v) is 2.63. The number of aromatic nitrogens is 1. The van der Waals surface area contributed by atoms with Gasteiger partial charge in [-0.15, -0.1) is 0 Å². The highest BCUT2D eigenvalue weighted by molar-refractivity contribution is 5.25. The van der Waals surface area contributed by atoms with E-state index >= 15 is 0 Å². The molecule has 0 spiro atoms. The third kappa shape index (κ3) is 2.14. The monoisotopic (exact) mass is 216 g/mol. The second-order valence-corrected chi connectivity index (χ2v) is 3.87. The summed E-state index contributed by atoms with van der Waals surface area (Å²) in [5, 5.41) is 0. The Morgan fingerprint density at radius 2 is 2.12 bits per heavy atom. The van der Waals surface area contributed by atoms with E-state index in [2.05, 4.69) is 11.9 Å². The number of pyridine rings is 1. The minimum atomic E-state index is -0.228. The van der Waals surface area contributed by atoms with E-state index in [1.807, 2.05) is 31.2 Å². The maximum absolute atomic E-state index is 6.10. The van der Waals surface area contributed by atoms with Crippen LogP contribution in [0.1, 0.15) is 35.7 Å². The molecule has 84 valence electrons. The molecule has 16 heavy (non-hydrogen) atoms. The average Bonchev–Trinajstić information content (AvgIpc) is 2.77. The van der Waals surface area contributed by atoms with Gasteiger partial charge in [-0.25, -0.2) is 0 Å². The van der Waals surface area contributed by atoms with E-state index in [0.717, 1.165) is 29.2 Å². The highest BCUT2D eigenvalue weighted by Gasteiger charge is 2.13. The summed E-state index contributed by atoms with van der Waals surface area (Å²) >= 11 is 0. The molecule has 0 aliphatic heterocycles. The summed E-state index contributed by atoms with van der Waals surface area (Å²) < 4.78 is 5.63. The van der Waals surface area contributed by atoms with Crippen molar-refractivity contribution in [2.24, 2.45) is 5.73 Å². The van der Waals surface area contributed by atoms with Gasteiger partial charge in [0.15, 0.2) is 0 Å². The van der Waals surface area contributed by atoms with Crippen LogP contribution in [-0.2, 0) is 6.42 Å². The van der Waals surface area contributed by atoms with Gasteiger partial charge in [0.05, 0.1) is 6.04 Å². The Balaban J connectivity index is 2.24. The third-order valence-electron chi connectivity index (χ3n) is 2.63. The fourth-order valence-corrected chi connectivity index (χ4v) is 1.58. The fraction of sp³-hybridized carbons (Fsp3) is 0.308. The zero-order chi connectivity index (χ0) is 11.5. The molecule has 2 rings (SSSR count). The van der Waals surface area contributed by atoms with Crippen molar-refractivity contribution in [2.45, 2.75) is 26.3 Å². The summed E-state index contributed by atoms with van der Waals surface area (Å²) in [6.45, 7) is 4.01. The molecule has 2 aromatic heterocycles. The summed E-state index contributed by atoms with van der Waals surface area (Å²) in [4.78, 5) is 4.23. The van der Waals surface area contributed by atoms with E-state index in [1.54, 1.807) is 6.20 Å². The Morgan fingerprint density at radius 1 is 1.31 bits per heavy atom. The largest absolute Gasteiger partial charge is 0.464 e. The van der Waals surface area contributed by atoms with Crippen molar-refractivity contribution in [3.8, 4) is 0 Å². The van der Waals surface area contributed by atoms with Crippen LogP contribution in [-0.4, -0.2) is 4.98 Å².